The van der Waals surface area contributed by atoms with Gasteiger partial charge in [0, 0.05) is 6.42 Å². The van der Waals surface area contributed by atoms with Crippen molar-refractivity contribution in [2.75, 3.05) is 0 Å². The van der Waals surface area contributed by atoms with Gasteiger partial charge >= 0.3 is 5.97 Å². The molecule has 3 heteroatoms. The summed E-state index contributed by atoms with van der Waals surface area (Å²) in [6.07, 6.45) is -1.92. The minimum Gasteiger partial charge on any atom is -0.479 e. The van der Waals surface area contributed by atoms with Crippen LogP contribution in [0.15, 0.2) is 42.5 Å². The zero-order valence-corrected chi connectivity index (χ0v) is 8.56. The molecule has 2 aromatic carbocycles. The van der Waals surface area contributed by atoms with Crippen LogP contribution in [0.2, 0.25) is 0 Å². The number of hydrogen-bond donors (Lipinski definition) is 1. The van der Waals surface area contributed by atoms with Gasteiger partial charge in [-0.2, -0.15) is 0 Å². The van der Waals surface area contributed by atoms with Crippen LogP contribution in [0.3, 0.4) is 0 Å². The fourth-order valence-electron chi connectivity index (χ4n) is 1.66. The van der Waals surface area contributed by atoms with Crippen LogP contribution in [-0.2, 0) is 11.2 Å². The summed E-state index contributed by atoms with van der Waals surface area (Å²) in [5, 5.41) is 10.5. The predicted molar refractivity (Wildman–Crippen MR) is 60.2 cm³/mol. The van der Waals surface area contributed by atoms with Gasteiger partial charge in [0.15, 0.2) is 0 Å². The van der Waals surface area contributed by atoms with Crippen molar-refractivity contribution in [3.8, 4) is 0 Å². The van der Waals surface area contributed by atoms with E-state index in [-0.39, 0.29) is 6.42 Å². The van der Waals surface area contributed by atoms with Crippen LogP contribution >= 0.6 is 0 Å². The number of benzene rings is 2. The van der Waals surface area contributed by atoms with Crippen LogP contribution in [0.1, 0.15) is 5.56 Å². The first kappa shape index (κ1) is 10.6. The molecule has 1 unspecified atom stereocenters. The van der Waals surface area contributed by atoms with E-state index >= 15 is 0 Å². The van der Waals surface area contributed by atoms with Crippen molar-refractivity contribution >= 4 is 16.7 Å². The molecule has 82 valence electrons. The quantitative estimate of drug-likeness (QED) is 0.860. The second-order valence-corrected chi connectivity index (χ2v) is 3.69. The van der Waals surface area contributed by atoms with E-state index in [1.807, 2.05) is 36.4 Å². The lowest BCUT2D eigenvalue weighted by atomic mass is 10.0. The van der Waals surface area contributed by atoms with Gasteiger partial charge in [-0.15, -0.1) is 0 Å². The van der Waals surface area contributed by atoms with Crippen molar-refractivity contribution in [3.05, 3.63) is 48.0 Å². The summed E-state index contributed by atoms with van der Waals surface area (Å²) in [6.45, 7) is 0. The minimum absolute atomic E-state index is 0.0832. The number of aliphatic carboxylic acids is 1. The van der Waals surface area contributed by atoms with Crippen molar-refractivity contribution in [3.63, 3.8) is 0 Å². The number of alkyl halides is 1. The molecule has 0 heterocycles. The number of hydrogen-bond acceptors (Lipinski definition) is 1. The Bertz CT molecular complexity index is 522. The van der Waals surface area contributed by atoms with Gasteiger partial charge < -0.3 is 5.11 Å². The Hall–Kier alpha value is -1.90. The second-order valence-electron chi connectivity index (χ2n) is 3.69. The Morgan fingerprint density at radius 1 is 1.19 bits per heavy atom. The highest BCUT2D eigenvalue weighted by molar-refractivity contribution is 5.83. The molecule has 2 nitrogen and oxygen atoms in total. The summed E-state index contributed by atoms with van der Waals surface area (Å²) < 4.78 is 13.0. The highest BCUT2D eigenvalue weighted by Crippen LogP contribution is 2.17. The summed E-state index contributed by atoms with van der Waals surface area (Å²) in [6, 6.07) is 13.2. The van der Waals surface area contributed by atoms with Crippen molar-refractivity contribution in [2.45, 2.75) is 12.6 Å². The fourth-order valence-corrected chi connectivity index (χ4v) is 1.66. The van der Waals surface area contributed by atoms with E-state index in [9.17, 15) is 9.18 Å². The van der Waals surface area contributed by atoms with E-state index in [1.54, 1.807) is 6.07 Å². The molecule has 0 radical (unpaired) electrons. The SMILES string of the molecule is O=C(O)C(F)Cc1ccc2ccccc2c1. The molecule has 0 aliphatic rings. The maximum atomic E-state index is 13.0. The van der Waals surface area contributed by atoms with E-state index in [0.29, 0.717) is 5.56 Å². The molecule has 0 saturated heterocycles. The van der Waals surface area contributed by atoms with Gasteiger partial charge in [-0.3, -0.25) is 0 Å². The number of carboxylic acids is 1. The van der Waals surface area contributed by atoms with Crippen molar-refractivity contribution in [2.24, 2.45) is 0 Å². The number of carbonyl (C=O) groups is 1. The molecule has 0 amide bonds. The average Bonchev–Trinajstić information content (AvgIpc) is 2.28. The van der Waals surface area contributed by atoms with Gasteiger partial charge in [-0.05, 0) is 16.3 Å². The third kappa shape index (κ3) is 2.19. The molecule has 0 aromatic heterocycles. The molecule has 0 aliphatic carbocycles. The van der Waals surface area contributed by atoms with Crippen LogP contribution in [0.4, 0.5) is 4.39 Å². The van der Waals surface area contributed by atoms with Gasteiger partial charge in [-0.1, -0.05) is 42.5 Å². The van der Waals surface area contributed by atoms with Gasteiger partial charge in [0.05, 0.1) is 0 Å². The number of fused-ring (bicyclic) bond motifs is 1. The molecule has 0 spiro atoms. The maximum absolute atomic E-state index is 13.0. The largest absolute Gasteiger partial charge is 0.479 e. The summed E-state index contributed by atoms with van der Waals surface area (Å²) in [5.41, 5.74) is 0.702. The molecule has 0 aliphatic heterocycles. The zero-order valence-electron chi connectivity index (χ0n) is 8.56. The van der Waals surface area contributed by atoms with E-state index in [0.717, 1.165) is 10.8 Å². The summed E-state index contributed by atoms with van der Waals surface area (Å²) in [7, 11) is 0. The molecule has 1 N–H and O–H groups in total. The van der Waals surface area contributed by atoms with E-state index in [2.05, 4.69) is 0 Å². The topological polar surface area (TPSA) is 37.3 Å². The second kappa shape index (κ2) is 4.31. The number of rotatable bonds is 3. The molecule has 0 fully saturated rings. The van der Waals surface area contributed by atoms with E-state index in [4.69, 9.17) is 5.11 Å². The lowest BCUT2D eigenvalue weighted by Gasteiger charge is -2.05. The standard InChI is InChI=1S/C13H11FO2/c14-12(13(15)16)8-9-5-6-10-3-1-2-4-11(10)7-9/h1-7,12H,8H2,(H,15,16). The minimum atomic E-state index is -1.83. The molecular weight excluding hydrogens is 207 g/mol. The Kier molecular flexibility index (Phi) is 2.86. The zero-order chi connectivity index (χ0) is 11.5. The van der Waals surface area contributed by atoms with Gasteiger partial charge in [0.25, 0.3) is 0 Å². The van der Waals surface area contributed by atoms with Crippen LogP contribution in [0.25, 0.3) is 10.8 Å². The summed E-state index contributed by atoms with van der Waals surface area (Å²) in [5.74, 6) is -1.41. The van der Waals surface area contributed by atoms with Gasteiger partial charge in [0.1, 0.15) is 0 Å². The first-order valence-corrected chi connectivity index (χ1v) is 5.01. The molecular formula is C13H11FO2. The summed E-state index contributed by atoms with van der Waals surface area (Å²) >= 11 is 0. The van der Waals surface area contributed by atoms with Crippen LogP contribution < -0.4 is 0 Å². The third-order valence-electron chi connectivity index (χ3n) is 2.50. The van der Waals surface area contributed by atoms with E-state index in [1.165, 1.54) is 0 Å². The van der Waals surface area contributed by atoms with Crippen LogP contribution in [-0.4, -0.2) is 17.2 Å². The molecule has 0 bridgehead atoms. The molecule has 0 saturated carbocycles. The Labute approximate surface area is 92.3 Å². The third-order valence-corrected chi connectivity index (χ3v) is 2.50. The van der Waals surface area contributed by atoms with Crippen molar-refractivity contribution in [1.82, 2.24) is 0 Å². The molecule has 1 atom stereocenters. The van der Waals surface area contributed by atoms with E-state index < -0.39 is 12.1 Å². The van der Waals surface area contributed by atoms with Crippen LogP contribution in [0, 0.1) is 0 Å². The van der Waals surface area contributed by atoms with Crippen LogP contribution in [0.5, 0.6) is 0 Å². The fraction of sp³-hybridized carbons (Fsp3) is 0.154. The first-order chi connectivity index (χ1) is 7.66. The van der Waals surface area contributed by atoms with Gasteiger partial charge in [-0.25, -0.2) is 9.18 Å². The highest BCUT2D eigenvalue weighted by Gasteiger charge is 2.15. The Balaban J connectivity index is 2.29. The summed E-state index contributed by atoms with van der Waals surface area (Å²) in [4.78, 5) is 10.4. The average molecular weight is 218 g/mol. The molecule has 2 aromatic rings. The molecule has 16 heavy (non-hydrogen) atoms. The lowest BCUT2D eigenvalue weighted by Crippen LogP contribution is -2.17. The normalized spacial score (nSPS) is 12.6. The van der Waals surface area contributed by atoms with Gasteiger partial charge in [0.2, 0.25) is 6.17 Å². The van der Waals surface area contributed by atoms with Crippen molar-refractivity contribution in [1.29, 1.82) is 0 Å². The maximum Gasteiger partial charge on any atom is 0.338 e. The lowest BCUT2D eigenvalue weighted by molar-refractivity contribution is -0.142. The van der Waals surface area contributed by atoms with Crippen molar-refractivity contribution < 1.29 is 14.3 Å². The molecule has 2 rings (SSSR count). The monoisotopic (exact) mass is 218 g/mol. The first-order valence-electron chi connectivity index (χ1n) is 5.01. The smallest absolute Gasteiger partial charge is 0.338 e. The number of halogens is 1. The highest BCUT2D eigenvalue weighted by atomic mass is 19.1. The number of carboxylic acid groups (broad SMARTS) is 1. The Morgan fingerprint density at radius 2 is 1.88 bits per heavy atom. The predicted octanol–water partition coefficient (Wildman–Crippen LogP) is 2.81. The Morgan fingerprint density at radius 3 is 2.56 bits per heavy atom.